The Bertz CT molecular complexity index is 1420. The lowest BCUT2D eigenvalue weighted by Gasteiger charge is -2.46. The first-order valence-corrected chi connectivity index (χ1v) is 15.6. The SMILES string of the molecule is CC(C)(C)OC(=O)N1CCC2(CCCCC2)[C@H]1[C@@H](C(=O)N1CCN(c2ncnc3[nH]ccc23)CC1)c1ccc(Cl)cc1. The maximum absolute atomic E-state index is 14.7. The number of fused-ring (bicyclic) bond motifs is 1. The summed E-state index contributed by atoms with van der Waals surface area (Å²) in [6, 6.07) is 9.35. The Kier molecular flexibility index (Phi) is 7.81. The van der Waals surface area contributed by atoms with Crippen molar-refractivity contribution in [3.05, 3.63) is 53.4 Å². The van der Waals surface area contributed by atoms with E-state index >= 15 is 0 Å². The van der Waals surface area contributed by atoms with E-state index in [0.717, 1.165) is 54.5 Å². The van der Waals surface area contributed by atoms with Crippen LogP contribution in [0.25, 0.3) is 11.0 Å². The molecule has 1 aromatic carbocycles. The number of piperazine rings is 1. The van der Waals surface area contributed by atoms with Gasteiger partial charge in [-0.05, 0) is 69.2 Å². The molecule has 1 aliphatic carbocycles. The fourth-order valence-electron chi connectivity index (χ4n) is 7.40. The van der Waals surface area contributed by atoms with E-state index in [1.807, 2.05) is 67.1 Å². The van der Waals surface area contributed by atoms with Crippen LogP contribution in [-0.2, 0) is 9.53 Å². The molecular formula is C32H41ClN6O3. The minimum absolute atomic E-state index is 0.0665. The van der Waals surface area contributed by atoms with E-state index in [0.29, 0.717) is 37.7 Å². The van der Waals surface area contributed by atoms with Gasteiger partial charge in [0.1, 0.15) is 23.4 Å². The number of anilines is 1. The molecule has 224 valence electrons. The van der Waals surface area contributed by atoms with E-state index in [1.54, 1.807) is 6.33 Å². The molecule has 3 aromatic rings. The molecule has 3 aliphatic rings. The Hall–Kier alpha value is -3.33. The molecule has 2 aromatic heterocycles. The molecule has 1 saturated carbocycles. The number of carbonyl (C=O) groups is 2. The van der Waals surface area contributed by atoms with E-state index in [2.05, 4.69) is 19.9 Å². The van der Waals surface area contributed by atoms with Gasteiger partial charge in [-0.3, -0.25) is 4.79 Å². The predicted octanol–water partition coefficient (Wildman–Crippen LogP) is 6.00. The minimum atomic E-state index is -0.619. The summed E-state index contributed by atoms with van der Waals surface area (Å²) in [7, 11) is 0. The van der Waals surface area contributed by atoms with Crippen molar-refractivity contribution in [1.82, 2.24) is 24.8 Å². The zero-order valence-corrected chi connectivity index (χ0v) is 25.6. The fraction of sp³-hybridized carbons (Fsp3) is 0.562. The largest absolute Gasteiger partial charge is 0.444 e. The Morgan fingerprint density at radius 2 is 1.69 bits per heavy atom. The van der Waals surface area contributed by atoms with Gasteiger partial charge in [0.25, 0.3) is 0 Å². The lowest BCUT2D eigenvalue weighted by Crippen LogP contribution is -2.56. The Labute approximate surface area is 252 Å². The molecule has 0 radical (unpaired) electrons. The second-order valence-corrected chi connectivity index (χ2v) is 13.5. The molecule has 6 rings (SSSR count). The van der Waals surface area contributed by atoms with Crippen molar-refractivity contribution >= 4 is 40.5 Å². The van der Waals surface area contributed by atoms with E-state index in [4.69, 9.17) is 16.3 Å². The Balaban J connectivity index is 1.32. The first-order chi connectivity index (χ1) is 20.2. The van der Waals surface area contributed by atoms with E-state index < -0.39 is 11.5 Å². The van der Waals surface area contributed by atoms with Gasteiger partial charge in [0.15, 0.2) is 0 Å². The monoisotopic (exact) mass is 592 g/mol. The van der Waals surface area contributed by atoms with Crippen molar-refractivity contribution in [3.63, 3.8) is 0 Å². The number of ether oxygens (including phenoxy) is 1. The number of hydrogen-bond donors (Lipinski definition) is 1. The zero-order chi connectivity index (χ0) is 29.5. The molecule has 1 N–H and O–H groups in total. The fourth-order valence-corrected chi connectivity index (χ4v) is 7.52. The van der Waals surface area contributed by atoms with Gasteiger partial charge in [-0.2, -0.15) is 0 Å². The van der Waals surface area contributed by atoms with Crippen molar-refractivity contribution in [2.75, 3.05) is 37.6 Å². The first-order valence-electron chi connectivity index (χ1n) is 15.2. The van der Waals surface area contributed by atoms with Crippen LogP contribution in [0.2, 0.25) is 5.02 Å². The van der Waals surface area contributed by atoms with Crippen LogP contribution in [0.1, 0.15) is 70.8 Å². The normalized spacial score (nSPS) is 21.6. The van der Waals surface area contributed by atoms with E-state index in [-0.39, 0.29) is 23.5 Å². The number of hydrogen-bond acceptors (Lipinski definition) is 6. The highest BCUT2D eigenvalue weighted by Gasteiger charge is 2.55. The molecule has 2 atom stereocenters. The van der Waals surface area contributed by atoms with Crippen molar-refractivity contribution in [3.8, 4) is 0 Å². The van der Waals surface area contributed by atoms with Crippen LogP contribution in [0, 0.1) is 5.41 Å². The number of halogens is 1. The van der Waals surface area contributed by atoms with Crippen LogP contribution in [0.15, 0.2) is 42.9 Å². The van der Waals surface area contributed by atoms with E-state index in [1.165, 1.54) is 6.42 Å². The summed E-state index contributed by atoms with van der Waals surface area (Å²) in [5.41, 5.74) is 0.980. The third kappa shape index (κ3) is 5.55. The predicted molar refractivity (Wildman–Crippen MR) is 164 cm³/mol. The number of amides is 2. The van der Waals surface area contributed by atoms with Crippen molar-refractivity contribution in [2.24, 2.45) is 5.41 Å². The number of H-pyrrole nitrogens is 1. The Morgan fingerprint density at radius 3 is 2.38 bits per heavy atom. The smallest absolute Gasteiger partial charge is 0.410 e. The number of nitrogens with zero attached hydrogens (tertiary/aromatic N) is 5. The molecule has 4 heterocycles. The van der Waals surface area contributed by atoms with Gasteiger partial charge in [0.05, 0.1) is 17.3 Å². The van der Waals surface area contributed by atoms with Crippen molar-refractivity contribution in [2.45, 2.75) is 76.9 Å². The Morgan fingerprint density at radius 1 is 0.976 bits per heavy atom. The number of likely N-dealkylation sites (tertiary alicyclic amines) is 1. The van der Waals surface area contributed by atoms with E-state index in [9.17, 15) is 9.59 Å². The molecule has 3 fully saturated rings. The zero-order valence-electron chi connectivity index (χ0n) is 24.8. The molecule has 0 bridgehead atoms. The van der Waals surface area contributed by atoms with Crippen LogP contribution < -0.4 is 4.90 Å². The summed E-state index contributed by atoms with van der Waals surface area (Å²) in [5, 5.41) is 1.61. The van der Waals surface area contributed by atoms with Gasteiger partial charge in [-0.25, -0.2) is 14.8 Å². The molecular weight excluding hydrogens is 552 g/mol. The molecule has 10 heteroatoms. The second-order valence-electron chi connectivity index (χ2n) is 13.1. The number of carbonyl (C=O) groups excluding carboxylic acids is 2. The number of rotatable bonds is 4. The summed E-state index contributed by atoms with van der Waals surface area (Å²) in [6.07, 6.45) is 9.48. The molecule has 2 saturated heterocycles. The van der Waals surface area contributed by atoms with Gasteiger partial charge >= 0.3 is 6.09 Å². The summed E-state index contributed by atoms with van der Waals surface area (Å²) in [4.78, 5) is 46.6. The topological polar surface area (TPSA) is 94.7 Å². The highest BCUT2D eigenvalue weighted by molar-refractivity contribution is 6.30. The molecule has 9 nitrogen and oxygen atoms in total. The van der Waals surface area contributed by atoms with Crippen molar-refractivity contribution < 1.29 is 14.3 Å². The average molecular weight is 593 g/mol. The molecule has 42 heavy (non-hydrogen) atoms. The maximum atomic E-state index is 14.7. The number of aromatic nitrogens is 3. The third-order valence-corrected chi connectivity index (χ3v) is 9.58. The highest BCUT2D eigenvalue weighted by atomic mass is 35.5. The summed E-state index contributed by atoms with van der Waals surface area (Å²) in [5.74, 6) is 0.449. The summed E-state index contributed by atoms with van der Waals surface area (Å²) in [6.45, 7) is 8.77. The number of aromatic amines is 1. The van der Waals surface area contributed by atoms with Gasteiger partial charge in [0.2, 0.25) is 5.91 Å². The van der Waals surface area contributed by atoms with Crippen LogP contribution in [0.5, 0.6) is 0 Å². The number of nitrogens with one attached hydrogen (secondary N) is 1. The second kappa shape index (κ2) is 11.4. The maximum Gasteiger partial charge on any atom is 0.410 e. The van der Waals surface area contributed by atoms with Gasteiger partial charge in [0, 0.05) is 43.9 Å². The van der Waals surface area contributed by atoms with Gasteiger partial charge in [-0.1, -0.05) is 43.0 Å². The lowest BCUT2D eigenvalue weighted by atomic mass is 9.64. The van der Waals surface area contributed by atoms with Crippen molar-refractivity contribution in [1.29, 1.82) is 0 Å². The molecule has 2 aliphatic heterocycles. The quantitative estimate of drug-likeness (QED) is 0.399. The lowest BCUT2D eigenvalue weighted by molar-refractivity contribution is -0.136. The third-order valence-electron chi connectivity index (χ3n) is 9.33. The summed E-state index contributed by atoms with van der Waals surface area (Å²) >= 11 is 6.31. The molecule has 1 spiro atoms. The number of benzene rings is 1. The standard InChI is InChI=1S/C32H41ClN6O3/c1-31(2,3)42-30(41)39-16-14-32(12-5-4-6-13-32)26(39)25(22-7-9-23(33)10-8-22)29(40)38-19-17-37(18-20-38)28-24-11-15-34-27(24)35-21-36-28/h7-11,15,21,25-26H,4-6,12-14,16-20H2,1-3H3,(H,34,35,36)/t25-,26+/m0/s1. The van der Waals surface area contributed by atoms with Gasteiger partial charge < -0.3 is 24.4 Å². The van der Waals surface area contributed by atoms with Crippen LogP contribution >= 0.6 is 11.6 Å². The van der Waals surface area contributed by atoms with Crippen LogP contribution in [0.3, 0.4) is 0 Å². The molecule has 2 amide bonds. The minimum Gasteiger partial charge on any atom is -0.444 e. The highest BCUT2D eigenvalue weighted by Crippen LogP contribution is 2.53. The molecule has 0 unspecified atom stereocenters. The van der Waals surface area contributed by atoms with Crippen LogP contribution in [-0.4, -0.2) is 81.1 Å². The van der Waals surface area contributed by atoms with Gasteiger partial charge in [-0.15, -0.1) is 0 Å². The summed E-state index contributed by atoms with van der Waals surface area (Å²) < 4.78 is 5.93. The first kappa shape index (κ1) is 28.8. The average Bonchev–Trinajstić information content (AvgIpc) is 3.59. The van der Waals surface area contributed by atoms with Crippen LogP contribution in [0.4, 0.5) is 10.6 Å².